The standard InChI is InChI=1S/C14H22N2O3/c1-9(2)13-11(7-8-12(17)18)14(19)16(15-13)10-5-3-4-6-10/h9-10,15H,3-8H2,1-2H3,(H,17,18). The molecule has 19 heavy (non-hydrogen) atoms. The number of carboxylic acid groups (broad SMARTS) is 1. The van der Waals surface area contributed by atoms with Crippen LogP contribution in [0.2, 0.25) is 0 Å². The lowest BCUT2D eigenvalue weighted by molar-refractivity contribution is -0.136. The third kappa shape index (κ3) is 2.91. The summed E-state index contributed by atoms with van der Waals surface area (Å²) in [6, 6.07) is 0.267. The second-order valence-electron chi connectivity index (χ2n) is 5.67. The lowest BCUT2D eigenvalue weighted by Gasteiger charge is -2.10. The van der Waals surface area contributed by atoms with Crippen molar-refractivity contribution in [1.29, 1.82) is 0 Å². The van der Waals surface area contributed by atoms with Crippen LogP contribution in [0.3, 0.4) is 0 Å². The van der Waals surface area contributed by atoms with E-state index in [2.05, 4.69) is 5.10 Å². The molecule has 0 atom stereocenters. The highest BCUT2D eigenvalue weighted by atomic mass is 16.4. The zero-order valence-electron chi connectivity index (χ0n) is 11.6. The zero-order valence-corrected chi connectivity index (χ0v) is 11.6. The maximum absolute atomic E-state index is 12.4. The molecule has 1 aliphatic rings. The lowest BCUT2D eigenvalue weighted by atomic mass is 10.0. The molecule has 0 aliphatic heterocycles. The van der Waals surface area contributed by atoms with Crippen LogP contribution in [0.5, 0.6) is 0 Å². The van der Waals surface area contributed by atoms with E-state index in [1.54, 1.807) is 4.68 Å². The highest BCUT2D eigenvalue weighted by Gasteiger charge is 2.24. The molecule has 1 aromatic rings. The average Bonchev–Trinajstić information content (AvgIpc) is 2.93. The number of aromatic amines is 1. The van der Waals surface area contributed by atoms with Crippen LogP contribution in [0.25, 0.3) is 0 Å². The molecule has 1 saturated carbocycles. The predicted octanol–water partition coefficient (Wildman–Crippen LogP) is 2.43. The molecule has 0 spiro atoms. The Hall–Kier alpha value is -1.52. The SMILES string of the molecule is CC(C)c1[nH]n(C2CCCC2)c(=O)c1CCC(=O)O. The first-order valence-electron chi connectivity index (χ1n) is 7.05. The van der Waals surface area contributed by atoms with Gasteiger partial charge in [-0.15, -0.1) is 0 Å². The quantitative estimate of drug-likeness (QED) is 0.859. The second kappa shape index (κ2) is 5.63. The van der Waals surface area contributed by atoms with E-state index in [1.807, 2.05) is 13.8 Å². The van der Waals surface area contributed by atoms with Crippen molar-refractivity contribution in [1.82, 2.24) is 9.78 Å². The van der Waals surface area contributed by atoms with Gasteiger partial charge in [0.2, 0.25) is 0 Å². The van der Waals surface area contributed by atoms with Gasteiger partial charge in [0, 0.05) is 17.7 Å². The van der Waals surface area contributed by atoms with Crippen molar-refractivity contribution in [3.05, 3.63) is 21.6 Å². The number of hydrogen-bond acceptors (Lipinski definition) is 2. The fourth-order valence-electron chi connectivity index (χ4n) is 2.88. The molecule has 0 unspecified atom stereocenters. The van der Waals surface area contributed by atoms with Gasteiger partial charge in [-0.2, -0.15) is 0 Å². The molecule has 5 nitrogen and oxygen atoms in total. The number of carbonyl (C=O) groups is 1. The van der Waals surface area contributed by atoms with Gasteiger partial charge >= 0.3 is 5.97 Å². The van der Waals surface area contributed by atoms with Gasteiger partial charge in [0.15, 0.2) is 0 Å². The van der Waals surface area contributed by atoms with Gasteiger partial charge in [-0.25, -0.2) is 4.68 Å². The summed E-state index contributed by atoms with van der Waals surface area (Å²) in [4.78, 5) is 23.1. The van der Waals surface area contributed by atoms with E-state index in [0.29, 0.717) is 12.0 Å². The average molecular weight is 266 g/mol. The molecule has 1 aromatic heterocycles. The molecule has 0 radical (unpaired) electrons. The fourth-order valence-corrected chi connectivity index (χ4v) is 2.88. The van der Waals surface area contributed by atoms with Crippen molar-refractivity contribution in [2.45, 2.75) is 64.3 Å². The van der Waals surface area contributed by atoms with E-state index in [-0.39, 0.29) is 23.9 Å². The van der Waals surface area contributed by atoms with E-state index < -0.39 is 5.97 Å². The van der Waals surface area contributed by atoms with Crippen molar-refractivity contribution < 1.29 is 9.90 Å². The number of H-pyrrole nitrogens is 1. The normalized spacial score (nSPS) is 16.4. The van der Waals surface area contributed by atoms with Crippen molar-refractivity contribution in [3.8, 4) is 0 Å². The number of aliphatic carboxylic acids is 1. The molecular weight excluding hydrogens is 244 g/mol. The van der Waals surface area contributed by atoms with Crippen LogP contribution in [-0.2, 0) is 11.2 Å². The molecule has 1 aliphatic carbocycles. The second-order valence-corrected chi connectivity index (χ2v) is 5.67. The third-order valence-electron chi connectivity index (χ3n) is 3.90. The highest BCUT2D eigenvalue weighted by Crippen LogP contribution is 2.29. The van der Waals surface area contributed by atoms with Crippen LogP contribution >= 0.6 is 0 Å². The molecule has 1 heterocycles. The van der Waals surface area contributed by atoms with E-state index in [0.717, 1.165) is 31.4 Å². The van der Waals surface area contributed by atoms with Crippen LogP contribution < -0.4 is 5.56 Å². The van der Waals surface area contributed by atoms with Crippen LogP contribution in [0.4, 0.5) is 0 Å². The summed E-state index contributed by atoms with van der Waals surface area (Å²) in [5.41, 5.74) is 1.54. The van der Waals surface area contributed by atoms with Crippen molar-refractivity contribution in [2.75, 3.05) is 0 Å². The third-order valence-corrected chi connectivity index (χ3v) is 3.90. The maximum atomic E-state index is 12.4. The summed E-state index contributed by atoms with van der Waals surface area (Å²) in [7, 11) is 0. The van der Waals surface area contributed by atoms with Gasteiger partial charge in [-0.05, 0) is 25.2 Å². The van der Waals surface area contributed by atoms with E-state index in [4.69, 9.17) is 5.11 Å². The van der Waals surface area contributed by atoms with Gasteiger partial charge in [0.1, 0.15) is 0 Å². The largest absolute Gasteiger partial charge is 0.481 e. The Morgan fingerprint density at radius 2 is 2.05 bits per heavy atom. The Labute approximate surface area is 112 Å². The molecule has 5 heteroatoms. The summed E-state index contributed by atoms with van der Waals surface area (Å²) >= 11 is 0. The van der Waals surface area contributed by atoms with E-state index in [1.165, 1.54) is 0 Å². The molecule has 0 saturated heterocycles. The van der Waals surface area contributed by atoms with E-state index >= 15 is 0 Å². The summed E-state index contributed by atoms with van der Waals surface area (Å²) < 4.78 is 1.74. The Morgan fingerprint density at radius 1 is 1.42 bits per heavy atom. The van der Waals surface area contributed by atoms with E-state index in [9.17, 15) is 9.59 Å². The Balaban J connectivity index is 2.33. The lowest BCUT2D eigenvalue weighted by Crippen LogP contribution is -2.22. The number of hydrogen-bond donors (Lipinski definition) is 2. The topological polar surface area (TPSA) is 75.1 Å². The van der Waals surface area contributed by atoms with Crippen LogP contribution in [0.1, 0.15) is 69.2 Å². The minimum atomic E-state index is -0.859. The molecule has 0 amide bonds. The maximum Gasteiger partial charge on any atom is 0.303 e. The highest BCUT2D eigenvalue weighted by molar-refractivity contribution is 5.67. The molecule has 1 fully saturated rings. The predicted molar refractivity (Wildman–Crippen MR) is 72.6 cm³/mol. The van der Waals surface area contributed by atoms with Crippen LogP contribution in [0.15, 0.2) is 4.79 Å². The molecule has 2 N–H and O–H groups in total. The Kier molecular flexibility index (Phi) is 4.12. The smallest absolute Gasteiger partial charge is 0.303 e. The first-order valence-corrected chi connectivity index (χ1v) is 7.05. The molecule has 0 bridgehead atoms. The van der Waals surface area contributed by atoms with Crippen molar-refractivity contribution >= 4 is 5.97 Å². The fraction of sp³-hybridized carbons (Fsp3) is 0.714. The number of aromatic nitrogens is 2. The first-order chi connectivity index (χ1) is 9.00. The summed E-state index contributed by atoms with van der Waals surface area (Å²) in [6.45, 7) is 4.04. The van der Waals surface area contributed by atoms with Gasteiger partial charge in [-0.1, -0.05) is 26.7 Å². The molecule has 0 aromatic carbocycles. The summed E-state index contributed by atoms with van der Waals surface area (Å²) in [6.07, 6.45) is 4.73. The number of carboxylic acids is 1. The molecule has 106 valence electrons. The minimum Gasteiger partial charge on any atom is -0.481 e. The van der Waals surface area contributed by atoms with Gasteiger partial charge in [0.25, 0.3) is 5.56 Å². The summed E-state index contributed by atoms with van der Waals surface area (Å²) in [5.74, 6) is -0.651. The van der Waals surface area contributed by atoms with Crippen molar-refractivity contribution in [2.24, 2.45) is 0 Å². The van der Waals surface area contributed by atoms with Gasteiger partial charge in [-0.3, -0.25) is 14.7 Å². The summed E-state index contributed by atoms with van der Waals surface area (Å²) in [5, 5.41) is 12.0. The van der Waals surface area contributed by atoms with Crippen molar-refractivity contribution in [3.63, 3.8) is 0 Å². The number of nitrogens with one attached hydrogen (secondary N) is 1. The molecule has 2 rings (SSSR count). The minimum absolute atomic E-state index is 0.0114. The Morgan fingerprint density at radius 3 is 2.58 bits per heavy atom. The monoisotopic (exact) mass is 266 g/mol. The first kappa shape index (κ1) is 13.9. The molecular formula is C14H22N2O3. The number of rotatable bonds is 5. The Bertz CT molecular complexity index is 507. The number of nitrogens with zero attached hydrogens (tertiary/aromatic N) is 1. The van der Waals surface area contributed by atoms with Crippen LogP contribution in [0, 0.1) is 0 Å². The van der Waals surface area contributed by atoms with Crippen LogP contribution in [-0.4, -0.2) is 20.9 Å². The van der Waals surface area contributed by atoms with Gasteiger partial charge in [0.05, 0.1) is 6.04 Å². The van der Waals surface area contributed by atoms with Gasteiger partial charge < -0.3 is 5.11 Å². The zero-order chi connectivity index (χ0) is 14.0.